The third-order valence-corrected chi connectivity index (χ3v) is 10.0. The maximum Gasteiger partial charge on any atom is 0.252 e. The molecule has 2 N–H and O–H groups in total. The minimum absolute atomic E-state index is 0.0827. The van der Waals surface area contributed by atoms with Gasteiger partial charge < -0.3 is 15.5 Å². The maximum atomic E-state index is 14.0. The van der Waals surface area contributed by atoms with Gasteiger partial charge in [0.05, 0.1) is 0 Å². The highest BCUT2D eigenvalue weighted by atomic mass is 31.1. The molecule has 0 saturated heterocycles. The molecular weight excluding hydrogens is 501 g/mol. The molecule has 3 aromatic carbocycles. The summed E-state index contributed by atoms with van der Waals surface area (Å²) in [5.74, 6) is -0.326. The van der Waals surface area contributed by atoms with Crippen LogP contribution >= 0.6 is 7.92 Å². The van der Waals surface area contributed by atoms with E-state index in [1.165, 1.54) is 17.0 Å². The normalized spacial score (nSPS) is 18.5. The molecule has 0 aromatic heterocycles. The van der Waals surface area contributed by atoms with Crippen molar-refractivity contribution in [1.29, 1.82) is 0 Å². The second kappa shape index (κ2) is 12.9. The number of likely N-dealkylation sites (N-methyl/N-ethyl adjacent to an activating group) is 1. The zero-order valence-electron chi connectivity index (χ0n) is 23.9. The Morgan fingerprint density at radius 3 is 1.92 bits per heavy atom. The van der Waals surface area contributed by atoms with Crippen molar-refractivity contribution in [2.75, 3.05) is 14.1 Å². The number of carbonyl (C=O) groups is 2. The van der Waals surface area contributed by atoms with E-state index in [2.05, 4.69) is 60.0 Å². The smallest absolute Gasteiger partial charge is 0.252 e. The Hall–Kier alpha value is -3.01. The Labute approximate surface area is 235 Å². The van der Waals surface area contributed by atoms with E-state index >= 15 is 0 Å². The molecule has 206 valence electrons. The Kier molecular flexibility index (Phi) is 9.58. The first-order chi connectivity index (χ1) is 18.7. The van der Waals surface area contributed by atoms with Crippen molar-refractivity contribution in [3.8, 4) is 0 Å². The second-order valence-electron chi connectivity index (χ2n) is 11.7. The minimum atomic E-state index is -0.962. The molecule has 0 unspecified atom stereocenters. The van der Waals surface area contributed by atoms with Gasteiger partial charge in [-0.05, 0) is 62.3 Å². The van der Waals surface area contributed by atoms with Crippen LogP contribution in [0.4, 0.5) is 0 Å². The molecule has 2 amide bonds. The Morgan fingerprint density at radius 1 is 0.821 bits per heavy atom. The summed E-state index contributed by atoms with van der Waals surface area (Å²) in [5, 5.41) is 9.80. The first kappa shape index (κ1) is 29.0. The van der Waals surface area contributed by atoms with E-state index in [-0.39, 0.29) is 17.9 Å². The molecule has 4 rings (SSSR count). The standard InChI is InChI=1S/C33H42N3O2P/c1-33(2,3)30(32(38)34-27-21-13-14-22-28(27)36(4)5)35-31(37)26-20-12-15-23-29(26)39(24-16-8-6-9-17-24)25-18-10-7-11-19-25/h6-12,15-20,23,27-28,30H,13-14,21-22H2,1-5H3,(H,34,38)(H,35,37)/t27-,28-,30+/m0/s1. The van der Waals surface area contributed by atoms with Crippen LogP contribution in [0.1, 0.15) is 56.8 Å². The molecule has 6 heteroatoms. The maximum absolute atomic E-state index is 14.0. The summed E-state index contributed by atoms with van der Waals surface area (Å²) >= 11 is 0. The van der Waals surface area contributed by atoms with Crippen LogP contribution in [0.25, 0.3) is 0 Å². The average molecular weight is 544 g/mol. The quantitative estimate of drug-likeness (QED) is 0.409. The van der Waals surface area contributed by atoms with E-state index in [4.69, 9.17) is 0 Å². The van der Waals surface area contributed by atoms with Crippen molar-refractivity contribution in [3.05, 3.63) is 90.5 Å². The van der Waals surface area contributed by atoms with Crippen LogP contribution < -0.4 is 26.5 Å². The molecule has 0 spiro atoms. The molecular formula is C33H42N3O2P. The van der Waals surface area contributed by atoms with Crippen LogP contribution in [-0.2, 0) is 4.79 Å². The molecule has 0 aliphatic heterocycles. The van der Waals surface area contributed by atoms with Gasteiger partial charge in [-0.2, -0.15) is 0 Å². The summed E-state index contributed by atoms with van der Waals surface area (Å²) in [6.07, 6.45) is 4.32. The zero-order chi connectivity index (χ0) is 28.0. The van der Waals surface area contributed by atoms with E-state index < -0.39 is 19.4 Å². The number of benzene rings is 3. The molecule has 0 heterocycles. The van der Waals surface area contributed by atoms with E-state index in [0.29, 0.717) is 11.6 Å². The van der Waals surface area contributed by atoms with Crippen LogP contribution in [0.3, 0.4) is 0 Å². The summed E-state index contributed by atoms with van der Waals surface area (Å²) in [5.41, 5.74) is 0.155. The molecule has 5 nitrogen and oxygen atoms in total. The van der Waals surface area contributed by atoms with Gasteiger partial charge in [0.2, 0.25) is 5.91 Å². The average Bonchev–Trinajstić information content (AvgIpc) is 2.93. The Morgan fingerprint density at radius 2 is 1.36 bits per heavy atom. The van der Waals surface area contributed by atoms with Gasteiger partial charge >= 0.3 is 0 Å². The van der Waals surface area contributed by atoms with Crippen LogP contribution in [0, 0.1) is 5.41 Å². The first-order valence-corrected chi connectivity index (χ1v) is 15.3. The lowest BCUT2D eigenvalue weighted by molar-refractivity contribution is -0.126. The number of rotatable bonds is 8. The zero-order valence-corrected chi connectivity index (χ0v) is 24.7. The van der Waals surface area contributed by atoms with Crippen LogP contribution in [-0.4, -0.2) is 48.9 Å². The topological polar surface area (TPSA) is 61.4 Å². The Bertz CT molecular complexity index is 1200. The predicted octanol–water partition coefficient (Wildman–Crippen LogP) is 4.58. The highest BCUT2D eigenvalue weighted by Gasteiger charge is 2.37. The van der Waals surface area contributed by atoms with E-state index in [0.717, 1.165) is 24.6 Å². The highest BCUT2D eigenvalue weighted by Crippen LogP contribution is 2.34. The second-order valence-corrected chi connectivity index (χ2v) is 13.9. The van der Waals surface area contributed by atoms with Gasteiger partial charge in [-0.15, -0.1) is 0 Å². The molecule has 1 aliphatic carbocycles. The lowest BCUT2D eigenvalue weighted by Crippen LogP contribution is -2.59. The van der Waals surface area contributed by atoms with Gasteiger partial charge in [0, 0.05) is 17.6 Å². The number of hydrogen-bond donors (Lipinski definition) is 2. The SMILES string of the molecule is CN(C)[C@H]1CCCC[C@@H]1NC(=O)[C@@H](NC(=O)c1ccccc1P(c1ccccc1)c1ccccc1)C(C)(C)C. The van der Waals surface area contributed by atoms with Crippen LogP contribution in [0.5, 0.6) is 0 Å². The summed E-state index contributed by atoms with van der Waals surface area (Å²) in [6, 6.07) is 28.3. The fourth-order valence-corrected chi connectivity index (χ4v) is 7.94. The number of carbonyl (C=O) groups excluding carboxylic acids is 2. The molecule has 1 saturated carbocycles. The van der Waals surface area contributed by atoms with Crippen molar-refractivity contribution >= 4 is 35.6 Å². The monoisotopic (exact) mass is 543 g/mol. The number of amides is 2. The minimum Gasteiger partial charge on any atom is -0.350 e. The van der Waals surface area contributed by atoms with Crippen molar-refractivity contribution in [2.24, 2.45) is 5.41 Å². The molecule has 1 fully saturated rings. The summed E-state index contributed by atoms with van der Waals surface area (Å²) in [7, 11) is 3.19. The molecule has 0 bridgehead atoms. The number of nitrogens with zero attached hydrogens (tertiary/aromatic N) is 1. The number of hydrogen-bond acceptors (Lipinski definition) is 3. The van der Waals surface area contributed by atoms with E-state index in [1.807, 2.05) is 75.4 Å². The van der Waals surface area contributed by atoms with Crippen molar-refractivity contribution in [3.63, 3.8) is 0 Å². The van der Waals surface area contributed by atoms with Crippen molar-refractivity contribution < 1.29 is 9.59 Å². The molecule has 39 heavy (non-hydrogen) atoms. The van der Waals surface area contributed by atoms with Crippen LogP contribution in [0.15, 0.2) is 84.9 Å². The summed E-state index contributed by atoms with van der Waals surface area (Å²) in [4.78, 5) is 29.9. The van der Waals surface area contributed by atoms with Gasteiger partial charge in [0.15, 0.2) is 0 Å². The van der Waals surface area contributed by atoms with Gasteiger partial charge in [0.25, 0.3) is 5.91 Å². The molecule has 1 aliphatic rings. The van der Waals surface area contributed by atoms with E-state index in [9.17, 15) is 9.59 Å². The first-order valence-electron chi connectivity index (χ1n) is 13.9. The fraction of sp³-hybridized carbons (Fsp3) is 0.394. The predicted molar refractivity (Wildman–Crippen MR) is 164 cm³/mol. The summed E-state index contributed by atoms with van der Waals surface area (Å²) in [6.45, 7) is 6.03. The van der Waals surface area contributed by atoms with Crippen molar-refractivity contribution in [1.82, 2.24) is 15.5 Å². The highest BCUT2D eigenvalue weighted by molar-refractivity contribution is 7.80. The van der Waals surface area contributed by atoms with E-state index in [1.54, 1.807) is 0 Å². The largest absolute Gasteiger partial charge is 0.350 e. The third-order valence-electron chi connectivity index (χ3n) is 7.54. The van der Waals surface area contributed by atoms with Gasteiger partial charge in [-0.1, -0.05) is 112 Å². The molecule has 0 radical (unpaired) electrons. The van der Waals surface area contributed by atoms with Gasteiger partial charge in [-0.25, -0.2) is 0 Å². The fourth-order valence-electron chi connectivity index (χ4n) is 5.49. The van der Waals surface area contributed by atoms with Gasteiger partial charge in [0.1, 0.15) is 6.04 Å². The lowest BCUT2D eigenvalue weighted by Gasteiger charge is -2.39. The van der Waals surface area contributed by atoms with Crippen molar-refractivity contribution in [2.45, 2.75) is 64.6 Å². The Balaban J connectivity index is 1.64. The lowest BCUT2D eigenvalue weighted by atomic mass is 9.84. The van der Waals surface area contributed by atoms with Gasteiger partial charge in [-0.3, -0.25) is 9.59 Å². The number of nitrogens with one attached hydrogen (secondary N) is 2. The molecule has 3 atom stereocenters. The van der Waals surface area contributed by atoms with Crippen LogP contribution in [0.2, 0.25) is 0 Å². The molecule has 3 aromatic rings. The summed E-state index contributed by atoms with van der Waals surface area (Å²) < 4.78 is 0. The third kappa shape index (κ3) is 7.15.